The zero-order valence-corrected chi connectivity index (χ0v) is 15.2. The quantitative estimate of drug-likeness (QED) is 0.484. The Labute approximate surface area is 158 Å². The molecule has 0 saturated carbocycles. The van der Waals surface area contributed by atoms with Crippen molar-refractivity contribution < 1.29 is 31.5 Å². The Morgan fingerprint density at radius 1 is 1.26 bits per heavy atom. The second-order valence-corrected chi connectivity index (χ2v) is 7.56. The van der Waals surface area contributed by atoms with E-state index in [2.05, 4.69) is 25.6 Å². The average molecular weight is 428 g/mol. The van der Waals surface area contributed by atoms with Crippen LogP contribution in [0.1, 0.15) is 6.92 Å². The molecule has 2 N–H and O–H groups in total. The second-order valence-electron chi connectivity index (χ2n) is 4.99. The Morgan fingerprint density at radius 3 is 2.52 bits per heavy atom. The number of halogens is 5. The van der Waals surface area contributed by atoms with Gasteiger partial charge in [0.15, 0.2) is 4.34 Å². The van der Waals surface area contributed by atoms with E-state index in [4.69, 9.17) is 0 Å². The second kappa shape index (κ2) is 9.17. The Morgan fingerprint density at radius 2 is 1.93 bits per heavy atom. The van der Waals surface area contributed by atoms with Gasteiger partial charge in [-0.15, -0.1) is 10.2 Å². The van der Waals surface area contributed by atoms with Gasteiger partial charge in [-0.3, -0.25) is 4.79 Å². The predicted molar refractivity (Wildman–Crippen MR) is 91.5 cm³/mol. The molecule has 1 aromatic heterocycles. The summed E-state index contributed by atoms with van der Waals surface area (Å²) in [5.74, 6) is -0.444. The maximum atomic E-state index is 12.2. The van der Waals surface area contributed by atoms with Crippen LogP contribution in [0.4, 0.5) is 32.8 Å². The minimum Gasteiger partial charge on any atom is -0.435 e. The summed E-state index contributed by atoms with van der Waals surface area (Å²) in [5.41, 5.74) is 0.374. The van der Waals surface area contributed by atoms with Crippen LogP contribution in [0.25, 0.3) is 0 Å². The van der Waals surface area contributed by atoms with E-state index in [-0.39, 0.29) is 10.9 Å². The van der Waals surface area contributed by atoms with Gasteiger partial charge in [0.1, 0.15) is 12.3 Å². The number of hydrogen-bond acceptors (Lipinski definition) is 7. The number of hydrogen-bond donors (Lipinski definition) is 2. The van der Waals surface area contributed by atoms with E-state index in [1.165, 1.54) is 24.3 Å². The lowest BCUT2D eigenvalue weighted by Gasteiger charge is -2.11. The molecule has 0 aliphatic heterocycles. The first-order valence-corrected chi connectivity index (χ1v) is 8.98. The monoisotopic (exact) mass is 428 g/mol. The third-order valence-corrected chi connectivity index (χ3v) is 4.91. The molecule has 1 unspecified atom stereocenters. The third kappa shape index (κ3) is 7.54. The smallest absolute Gasteiger partial charge is 0.405 e. The van der Waals surface area contributed by atoms with E-state index >= 15 is 0 Å². The van der Waals surface area contributed by atoms with Crippen molar-refractivity contribution in [1.29, 1.82) is 0 Å². The largest absolute Gasteiger partial charge is 0.435 e. The molecule has 0 spiro atoms. The van der Waals surface area contributed by atoms with Crippen molar-refractivity contribution in [2.24, 2.45) is 0 Å². The Hall–Kier alpha value is -2.15. The lowest BCUT2D eigenvalue weighted by molar-refractivity contribution is -0.116. The normalized spacial score (nSPS) is 12.7. The van der Waals surface area contributed by atoms with Gasteiger partial charge in [-0.2, -0.15) is 22.0 Å². The number of benzene rings is 1. The Bertz CT molecular complexity index is 755. The standard InChI is InChI=1S/C14H13F5N4O2S2/c1-7(26-13-23-22-12(27-13)20-6-14(17,18)19)10(24)21-8-2-4-9(5-3-8)25-11(15)16/h2-5,7,11H,6H2,1H3,(H,20,22)(H,21,24). The van der Waals surface area contributed by atoms with Gasteiger partial charge in [-0.25, -0.2) is 0 Å². The molecule has 148 valence electrons. The van der Waals surface area contributed by atoms with Crippen molar-refractivity contribution in [3.63, 3.8) is 0 Å². The molecule has 6 nitrogen and oxygen atoms in total. The maximum absolute atomic E-state index is 12.2. The van der Waals surface area contributed by atoms with Gasteiger partial charge in [0.25, 0.3) is 0 Å². The summed E-state index contributed by atoms with van der Waals surface area (Å²) in [5, 5.41) is 11.4. The van der Waals surface area contributed by atoms with Crippen molar-refractivity contribution >= 4 is 39.8 Å². The molecule has 0 radical (unpaired) electrons. The first-order valence-electron chi connectivity index (χ1n) is 7.29. The van der Waals surface area contributed by atoms with Crippen LogP contribution < -0.4 is 15.4 Å². The molecule has 1 heterocycles. The van der Waals surface area contributed by atoms with Crippen LogP contribution in [0, 0.1) is 0 Å². The van der Waals surface area contributed by atoms with Gasteiger partial charge in [0, 0.05) is 5.69 Å². The van der Waals surface area contributed by atoms with E-state index in [9.17, 15) is 26.7 Å². The van der Waals surface area contributed by atoms with Crippen LogP contribution in [0.15, 0.2) is 28.6 Å². The highest BCUT2D eigenvalue weighted by molar-refractivity contribution is 8.02. The van der Waals surface area contributed by atoms with Crippen molar-refractivity contribution in [2.75, 3.05) is 17.2 Å². The number of anilines is 2. The van der Waals surface area contributed by atoms with Gasteiger partial charge >= 0.3 is 12.8 Å². The maximum Gasteiger partial charge on any atom is 0.405 e. The van der Waals surface area contributed by atoms with Crippen molar-refractivity contribution in [2.45, 2.75) is 29.3 Å². The lowest BCUT2D eigenvalue weighted by Crippen LogP contribution is -2.22. The van der Waals surface area contributed by atoms with E-state index in [1.807, 2.05) is 0 Å². The van der Waals surface area contributed by atoms with Gasteiger partial charge in [-0.1, -0.05) is 23.1 Å². The molecule has 0 aliphatic rings. The number of amides is 1. The molecule has 0 aliphatic carbocycles. The molecule has 1 amide bonds. The van der Waals surface area contributed by atoms with E-state index < -0.39 is 30.5 Å². The topological polar surface area (TPSA) is 76.1 Å². The Balaban J connectivity index is 1.85. The molecule has 27 heavy (non-hydrogen) atoms. The van der Waals surface area contributed by atoms with Gasteiger partial charge in [0.2, 0.25) is 11.0 Å². The molecule has 2 rings (SSSR count). The zero-order chi connectivity index (χ0) is 20.0. The highest BCUT2D eigenvalue weighted by Crippen LogP contribution is 2.30. The SMILES string of the molecule is CC(Sc1nnc(NCC(F)(F)F)s1)C(=O)Nc1ccc(OC(F)F)cc1. The molecule has 2 aromatic rings. The fourth-order valence-electron chi connectivity index (χ4n) is 1.67. The highest BCUT2D eigenvalue weighted by atomic mass is 32.2. The van der Waals surface area contributed by atoms with Crippen LogP contribution in [0.2, 0.25) is 0 Å². The number of nitrogens with one attached hydrogen (secondary N) is 2. The minimum atomic E-state index is -4.37. The fourth-order valence-corrected chi connectivity index (χ4v) is 3.56. The number of ether oxygens (including phenoxy) is 1. The Kier molecular flexibility index (Phi) is 7.18. The minimum absolute atomic E-state index is 0.00273. The van der Waals surface area contributed by atoms with Gasteiger partial charge < -0.3 is 15.4 Å². The number of alkyl halides is 5. The molecular formula is C14H13F5N4O2S2. The summed E-state index contributed by atoms with van der Waals surface area (Å²) in [7, 11) is 0. The highest BCUT2D eigenvalue weighted by Gasteiger charge is 2.27. The van der Waals surface area contributed by atoms with Crippen molar-refractivity contribution in [1.82, 2.24) is 10.2 Å². The molecule has 0 saturated heterocycles. The van der Waals surface area contributed by atoms with Crippen molar-refractivity contribution in [3.05, 3.63) is 24.3 Å². The van der Waals surface area contributed by atoms with Crippen molar-refractivity contribution in [3.8, 4) is 5.75 Å². The summed E-state index contributed by atoms with van der Waals surface area (Å²) >= 11 is 1.92. The fraction of sp³-hybridized carbons (Fsp3) is 0.357. The molecule has 0 bridgehead atoms. The van der Waals surface area contributed by atoms with Crippen LogP contribution >= 0.6 is 23.1 Å². The van der Waals surface area contributed by atoms with Gasteiger partial charge in [0.05, 0.1) is 5.25 Å². The first kappa shape index (κ1) is 21.2. The number of nitrogens with zero attached hydrogens (tertiary/aromatic N) is 2. The van der Waals surface area contributed by atoms with Crippen LogP contribution in [0.3, 0.4) is 0 Å². The number of rotatable bonds is 8. The summed E-state index contributed by atoms with van der Waals surface area (Å²) < 4.78 is 65.1. The summed E-state index contributed by atoms with van der Waals surface area (Å²) in [6.45, 7) is -2.59. The van der Waals surface area contributed by atoms with E-state index in [0.29, 0.717) is 10.0 Å². The predicted octanol–water partition coefficient (Wildman–Crippen LogP) is 4.23. The first-order chi connectivity index (χ1) is 12.6. The number of thioether (sulfide) groups is 1. The summed E-state index contributed by atoms with van der Waals surface area (Å²) in [6.07, 6.45) is -4.37. The van der Waals surface area contributed by atoms with Gasteiger partial charge in [-0.05, 0) is 31.2 Å². The summed E-state index contributed by atoms with van der Waals surface area (Å²) in [6, 6.07) is 5.36. The number of aromatic nitrogens is 2. The van der Waals surface area contributed by atoms with E-state index in [0.717, 1.165) is 23.1 Å². The molecule has 1 atom stereocenters. The lowest BCUT2D eigenvalue weighted by atomic mass is 10.3. The number of carbonyl (C=O) groups excluding carboxylic acids is 1. The molecule has 13 heteroatoms. The van der Waals surface area contributed by atoms with E-state index in [1.54, 1.807) is 6.92 Å². The molecule has 0 fully saturated rings. The van der Waals surface area contributed by atoms with Crippen LogP contribution in [-0.2, 0) is 4.79 Å². The third-order valence-electron chi connectivity index (χ3n) is 2.84. The molecule has 1 aromatic carbocycles. The summed E-state index contributed by atoms with van der Waals surface area (Å²) in [4.78, 5) is 12.2. The number of carbonyl (C=O) groups is 1. The average Bonchev–Trinajstić information content (AvgIpc) is 3.01. The van der Waals surface area contributed by atoms with Crippen LogP contribution in [-0.4, -0.2) is 40.7 Å². The zero-order valence-electron chi connectivity index (χ0n) is 13.6. The van der Waals surface area contributed by atoms with Crippen LogP contribution in [0.5, 0.6) is 5.75 Å². The molecular weight excluding hydrogens is 415 g/mol.